The molecule has 0 saturated carbocycles. The number of fused-ring (bicyclic) bond motifs is 2. The van der Waals surface area contributed by atoms with Crippen molar-refractivity contribution in [1.29, 1.82) is 0 Å². The Morgan fingerprint density at radius 2 is 2.08 bits per heavy atom. The van der Waals surface area contributed by atoms with Gasteiger partial charge in [0, 0.05) is 34.8 Å². The van der Waals surface area contributed by atoms with Crippen LogP contribution >= 0.6 is 27.3 Å². The molecule has 3 aliphatic heterocycles. The average molecular weight is 422 g/mol. The Kier molecular flexibility index (Phi) is 4.20. The van der Waals surface area contributed by atoms with Gasteiger partial charge in [-0.2, -0.15) is 0 Å². The molecule has 2 aromatic rings. The van der Waals surface area contributed by atoms with E-state index in [1.807, 2.05) is 17.0 Å². The van der Waals surface area contributed by atoms with E-state index in [0.29, 0.717) is 23.9 Å². The lowest BCUT2D eigenvalue weighted by Gasteiger charge is -2.56. The normalized spacial score (nSPS) is 21.8. The molecule has 9 heteroatoms. The third-order valence-electron chi connectivity index (χ3n) is 4.63. The Hall–Kier alpha value is -2.00. The van der Waals surface area contributed by atoms with Gasteiger partial charge in [0.25, 0.3) is 5.91 Å². The summed E-state index contributed by atoms with van der Waals surface area (Å²) >= 11 is 4.60. The number of nitrogens with zero attached hydrogens (tertiary/aromatic N) is 4. The molecule has 2 atom stereocenters. The minimum Gasteiger partial charge on any atom is -0.375 e. The molecule has 0 radical (unpaired) electrons. The van der Waals surface area contributed by atoms with E-state index in [9.17, 15) is 9.59 Å². The molecule has 2 bridgehead atoms. The molecule has 0 aliphatic carbocycles. The predicted octanol–water partition coefficient (Wildman–Crippen LogP) is 1.55. The Morgan fingerprint density at radius 1 is 1.32 bits per heavy atom. The minimum absolute atomic E-state index is 0.0704. The molecule has 2 unspecified atom stereocenters. The summed E-state index contributed by atoms with van der Waals surface area (Å²) in [4.78, 5) is 37.1. The maximum atomic E-state index is 12.6. The second-order valence-corrected chi connectivity index (χ2v) is 8.08. The fraction of sp³-hybridized carbons (Fsp3) is 0.375. The maximum absolute atomic E-state index is 12.6. The summed E-state index contributed by atoms with van der Waals surface area (Å²) in [6, 6.07) is 3.90. The van der Waals surface area contributed by atoms with E-state index in [1.165, 1.54) is 11.3 Å². The number of carbonyl (C=O) groups is 2. The quantitative estimate of drug-likeness (QED) is 0.811. The van der Waals surface area contributed by atoms with Crippen LogP contribution in [0.4, 0.5) is 5.13 Å². The minimum atomic E-state index is -0.107. The molecular weight excluding hydrogens is 406 g/mol. The summed E-state index contributed by atoms with van der Waals surface area (Å²) < 4.78 is 0.890. The summed E-state index contributed by atoms with van der Waals surface area (Å²) in [5, 5.41) is 2.07. The number of nitrogen functional groups attached to an aromatic ring is 1. The lowest BCUT2D eigenvalue weighted by atomic mass is 9.86. The summed E-state index contributed by atoms with van der Waals surface area (Å²) in [5.74, 6) is -0.0367. The topological polar surface area (TPSA) is 92.4 Å². The van der Waals surface area contributed by atoms with E-state index in [4.69, 9.17) is 5.73 Å². The fourth-order valence-corrected chi connectivity index (χ4v) is 4.26. The molecule has 130 valence electrons. The fourth-order valence-electron chi connectivity index (χ4n) is 3.49. The molecule has 2 N–H and O–H groups in total. The van der Waals surface area contributed by atoms with Gasteiger partial charge in [0.2, 0.25) is 5.91 Å². The van der Waals surface area contributed by atoms with Crippen LogP contribution in [0.15, 0.2) is 28.2 Å². The van der Waals surface area contributed by atoms with E-state index in [1.54, 1.807) is 16.5 Å². The van der Waals surface area contributed by atoms with Gasteiger partial charge in [-0.3, -0.25) is 14.6 Å². The predicted molar refractivity (Wildman–Crippen MR) is 97.1 cm³/mol. The summed E-state index contributed by atoms with van der Waals surface area (Å²) in [7, 11) is 0. The SMILES string of the molecule is Nc1nc(C(=O)N2CC3CC(C2)N3C(=O)Cc2ccc(Br)cn2)cs1. The van der Waals surface area contributed by atoms with Crippen LogP contribution in [0.5, 0.6) is 0 Å². The third-order valence-corrected chi connectivity index (χ3v) is 5.77. The Labute approximate surface area is 157 Å². The molecule has 5 rings (SSSR count). The standard InChI is InChI=1S/C16H16BrN5O2S/c17-9-1-2-10(19-5-9)3-14(23)22-11-4-12(22)7-21(6-11)15(24)13-8-25-16(18)20-13/h1-2,5,8,11-12H,3-4,6-7H2,(H2,18,20). The molecule has 3 fully saturated rings. The zero-order valence-electron chi connectivity index (χ0n) is 13.3. The van der Waals surface area contributed by atoms with Crippen LogP contribution in [-0.2, 0) is 11.2 Å². The van der Waals surface area contributed by atoms with Crippen LogP contribution in [-0.4, -0.2) is 56.8 Å². The maximum Gasteiger partial charge on any atom is 0.273 e. The van der Waals surface area contributed by atoms with Gasteiger partial charge in [-0.05, 0) is 34.5 Å². The number of piperazine rings is 1. The molecule has 2 aromatic heterocycles. The first-order chi connectivity index (χ1) is 12.0. The summed E-state index contributed by atoms with van der Waals surface area (Å²) in [5.41, 5.74) is 6.74. The molecule has 3 aliphatic rings. The number of hydrogen-bond donors (Lipinski definition) is 1. The smallest absolute Gasteiger partial charge is 0.273 e. The van der Waals surface area contributed by atoms with Crippen molar-refractivity contribution in [3.63, 3.8) is 0 Å². The Balaban J connectivity index is 1.39. The van der Waals surface area contributed by atoms with Gasteiger partial charge in [0.1, 0.15) is 5.69 Å². The first-order valence-corrected chi connectivity index (χ1v) is 9.60. The number of aromatic nitrogens is 2. The van der Waals surface area contributed by atoms with E-state index in [2.05, 4.69) is 25.9 Å². The zero-order valence-corrected chi connectivity index (χ0v) is 15.7. The molecular formula is C16H16BrN5O2S. The highest BCUT2D eigenvalue weighted by Gasteiger charge is 2.48. The Morgan fingerprint density at radius 3 is 2.68 bits per heavy atom. The molecule has 3 saturated heterocycles. The van der Waals surface area contributed by atoms with Gasteiger partial charge in [-0.1, -0.05) is 0 Å². The first kappa shape index (κ1) is 16.5. The van der Waals surface area contributed by atoms with Gasteiger partial charge in [0.05, 0.1) is 18.5 Å². The second kappa shape index (κ2) is 6.38. The van der Waals surface area contributed by atoms with Crippen LogP contribution in [0, 0.1) is 0 Å². The van der Waals surface area contributed by atoms with Crippen molar-refractivity contribution in [2.45, 2.75) is 24.9 Å². The summed E-state index contributed by atoms with van der Waals surface area (Å²) in [6.07, 6.45) is 2.93. The molecule has 0 spiro atoms. The highest BCUT2D eigenvalue weighted by molar-refractivity contribution is 9.10. The van der Waals surface area contributed by atoms with Crippen LogP contribution in [0.1, 0.15) is 22.6 Å². The third kappa shape index (κ3) is 3.13. The van der Waals surface area contributed by atoms with Crippen molar-refractivity contribution in [2.24, 2.45) is 0 Å². The first-order valence-electron chi connectivity index (χ1n) is 7.93. The number of piperidine rings is 1. The highest BCUT2D eigenvalue weighted by atomic mass is 79.9. The van der Waals surface area contributed by atoms with Gasteiger partial charge >= 0.3 is 0 Å². The van der Waals surface area contributed by atoms with E-state index in [-0.39, 0.29) is 30.3 Å². The van der Waals surface area contributed by atoms with Crippen molar-refractivity contribution in [2.75, 3.05) is 18.8 Å². The largest absolute Gasteiger partial charge is 0.375 e. The van der Waals surface area contributed by atoms with Crippen LogP contribution in [0.3, 0.4) is 0 Å². The Bertz CT molecular complexity index is 812. The number of rotatable bonds is 3. The van der Waals surface area contributed by atoms with Gasteiger partial charge in [-0.15, -0.1) is 11.3 Å². The van der Waals surface area contributed by atoms with E-state index in [0.717, 1.165) is 16.6 Å². The van der Waals surface area contributed by atoms with Gasteiger partial charge < -0.3 is 15.5 Å². The number of anilines is 1. The number of nitrogens with two attached hydrogens (primary N) is 1. The van der Waals surface area contributed by atoms with Crippen molar-refractivity contribution in [1.82, 2.24) is 19.8 Å². The van der Waals surface area contributed by atoms with Crippen molar-refractivity contribution in [3.05, 3.63) is 39.6 Å². The lowest BCUT2D eigenvalue weighted by molar-refractivity contribution is -0.151. The van der Waals surface area contributed by atoms with E-state index < -0.39 is 0 Å². The van der Waals surface area contributed by atoms with E-state index >= 15 is 0 Å². The average Bonchev–Trinajstić information content (AvgIpc) is 3.02. The highest BCUT2D eigenvalue weighted by Crippen LogP contribution is 2.33. The molecule has 25 heavy (non-hydrogen) atoms. The van der Waals surface area contributed by atoms with Crippen molar-refractivity contribution in [3.8, 4) is 0 Å². The lowest BCUT2D eigenvalue weighted by Crippen LogP contribution is -2.71. The molecule has 2 amide bonds. The van der Waals surface area contributed by atoms with Gasteiger partial charge in [-0.25, -0.2) is 4.98 Å². The number of carbonyl (C=O) groups excluding carboxylic acids is 2. The molecule has 7 nitrogen and oxygen atoms in total. The van der Waals surface area contributed by atoms with Crippen LogP contribution in [0.2, 0.25) is 0 Å². The number of pyridine rings is 1. The number of halogens is 1. The molecule has 0 aromatic carbocycles. The monoisotopic (exact) mass is 421 g/mol. The molecule has 5 heterocycles. The van der Waals surface area contributed by atoms with Crippen LogP contribution < -0.4 is 5.73 Å². The summed E-state index contributed by atoms with van der Waals surface area (Å²) in [6.45, 7) is 1.10. The van der Waals surface area contributed by atoms with Gasteiger partial charge in [0.15, 0.2) is 5.13 Å². The second-order valence-electron chi connectivity index (χ2n) is 6.27. The van der Waals surface area contributed by atoms with Crippen LogP contribution in [0.25, 0.3) is 0 Å². The number of amides is 2. The number of thiazole rings is 1. The van der Waals surface area contributed by atoms with Crippen molar-refractivity contribution < 1.29 is 9.59 Å². The zero-order chi connectivity index (χ0) is 17.6. The number of hydrogen-bond acceptors (Lipinski definition) is 6. The van der Waals surface area contributed by atoms with Crippen molar-refractivity contribution >= 4 is 44.2 Å².